The predicted molar refractivity (Wildman–Crippen MR) is 111 cm³/mol. The highest BCUT2D eigenvalue weighted by Gasteiger charge is 2.51. The second kappa shape index (κ2) is 7.99. The van der Waals surface area contributed by atoms with Crippen molar-refractivity contribution < 1.29 is 19.1 Å². The Morgan fingerprint density at radius 2 is 1.10 bits per heavy atom. The lowest BCUT2D eigenvalue weighted by Crippen LogP contribution is -2.39. The van der Waals surface area contributed by atoms with Crippen LogP contribution in [0.4, 0.5) is 11.4 Å². The zero-order valence-electron chi connectivity index (χ0n) is 16.4. The van der Waals surface area contributed by atoms with Crippen LogP contribution in [0.1, 0.15) is 6.42 Å². The molecule has 0 heterocycles. The van der Waals surface area contributed by atoms with Gasteiger partial charge in [-0.3, -0.25) is 9.59 Å². The quantitative estimate of drug-likeness (QED) is 0.735. The summed E-state index contributed by atoms with van der Waals surface area (Å²) in [5.41, 5.74) is 1.38. The van der Waals surface area contributed by atoms with Gasteiger partial charge >= 0.3 is 0 Å². The number of allylic oxidation sites excluding steroid dienone is 2. The van der Waals surface area contributed by atoms with Crippen LogP contribution in [0, 0.1) is 23.7 Å². The van der Waals surface area contributed by atoms with Gasteiger partial charge in [0.2, 0.25) is 11.8 Å². The number of rotatable bonds is 6. The number of hydrogen-bond donors (Lipinski definition) is 2. The van der Waals surface area contributed by atoms with Gasteiger partial charge in [0.1, 0.15) is 11.5 Å². The minimum absolute atomic E-state index is 0.0878. The van der Waals surface area contributed by atoms with E-state index in [1.165, 1.54) is 0 Å². The molecule has 2 aromatic carbocycles. The van der Waals surface area contributed by atoms with Gasteiger partial charge in [-0.05, 0) is 66.8 Å². The Labute approximate surface area is 169 Å². The number of benzene rings is 2. The van der Waals surface area contributed by atoms with Crippen LogP contribution in [-0.4, -0.2) is 26.0 Å². The normalized spacial score (nSPS) is 24.2. The van der Waals surface area contributed by atoms with Gasteiger partial charge in [-0.15, -0.1) is 0 Å². The number of nitrogens with one attached hydrogen (secondary N) is 2. The average Bonchev–Trinajstić information content (AvgIpc) is 3.36. The van der Waals surface area contributed by atoms with E-state index in [1.807, 2.05) is 0 Å². The lowest BCUT2D eigenvalue weighted by molar-refractivity contribution is -0.129. The van der Waals surface area contributed by atoms with Crippen LogP contribution in [0.5, 0.6) is 11.5 Å². The summed E-state index contributed by atoms with van der Waals surface area (Å²) < 4.78 is 10.3. The Morgan fingerprint density at radius 3 is 1.45 bits per heavy atom. The SMILES string of the molecule is COc1ccc(NC(=O)[C@H]2[C@H](C(=O)Nc3ccc(OC)cc3)[C@H]3C=C[C@@H]2C3)cc1. The van der Waals surface area contributed by atoms with Crippen molar-refractivity contribution in [3.63, 3.8) is 0 Å². The number of carbonyl (C=O) groups excluding carboxylic acids is 2. The van der Waals surface area contributed by atoms with Crippen molar-refractivity contribution in [3.05, 3.63) is 60.7 Å². The van der Waals surface area contributed by atoms with Crippen LogP contribution >= 0.6 is 0 Å². The summed E-state index contributed by atoms with van der Waals surface area (Å²) in [6.45, 7) is 0. The first-order chi connectivity index (χ1) is 14.1. The van der Waals surface area contributed by atoms with Gasteiger partial charge in [0, 0.05) is 11.4 Å². The number of methoxy groups -OCH3 is 2. The van der Waals surface area contributed by atoms with Gasteiger partial charge in [0.25, 0.3) is 0 Å². The van der Waals surface area contributed by atoms with Gasteiger partial charge in [-0.1, -0.05) is 12.2 Å². The Hall–Kier alpha value is -3.28. The molecule has 2 aliphatic carbocycles. The number of hydrogen-bond acceptors (Lipinski definition) is 4. The summed E-state index contributed by atoms with van der Waals surface area (Å²) in [6, 6.07) is 14.4. The molecule has 0 aliphatic heterocycles. The Balaban J connectivity index is 1.48. The maximum absolute atomic E-state index is 13.0. The predicted octanol–water partition coefficient (Wildman–Crippen LogP) is 3.72. The molecule has 6 nitrogen and oxygen atoms in total. The van der Waals surface area contributed by atoms with E-state index in [4.69, 9.17) is 9.47 Å². The summed E-state index contributed by atoms with van der Waals surface area (Å²) in [5.74, 6) is 0.611. The fourth-order valence-corrected chi connectivity index (χ4v) is 4.34. The molecule has 2 aromatic rings. The molecule has 1 saturated carbocycles. The summed E-state index contributed by atoms with van der Waals surface area (Å²) in [5, 5.41) is 5.92. The highest BCUT2D eigenvalue weighted by atomic mass is 16.5. The molecule has 0 aromatic heterocycles. The molecule has 0 saturated heterocycles. The van der Waals surface area contributed by atoms with Crippen LogP contribution in [0.25, 0.3) is 0 Å². The van der Waals surface area contributed by atoms with Gasteiger partial charge in [-0.25, -0.2) is 0 Å². The number of carbonyl (C=O) groups is 2. The van der Waals surface area contributed by atoms with E-state index in [1.54, 1.807) is 62.8 Å². The second-order valence-corrected chi connectivity index (χ2v) is 7.44. The first-order valence-corrected chi connectivity index (χ1v) is 9.67. The van der Waals surface area contributed by atoms with Gasteiger partial charge in [0.15, 0.2) is 0 Å². The molecule has 2 aliphatic rings. The minimum Gasteiger partial charge on any atom is -0.497 e. The third kappa shape index (κ3) is 3.83. The summed E-state index contributed by atoms with van der Waals surface area (Å²) >= 11 is 0. The number of ether oxygens (including phenoxy) is 2. The fourth-order valence-electron chi connectivity index (χ4n) is 4.34. The summed E-state index contributed by atoms with van der Waals surface area (Å²) in [6.07, 6.45) is 4.97. The molecule has 1 fully saturated rings. The topological polar surface area (TPSA) is 76.7 Å². The van der Waals surface area contributed by atoms with Crippen molar-refractivity contribution in [2.45, 2.75) is 6.42 Å². The van der Waals surface area contributed by atoms with E-state index < -0.39 is 0 Å². The van der Waals surface area contributed by atoms with E-state index in [0.717, 1.165) is 17.9 Å². The molecule has 2 N–H and O–H groups in total. The molecule has 6 heteroatoms. The van der Waals surface area contributed by atoms with Crippen molar-refractivity contribution in [2.24, 2.45) is 23.7 Å². The Bertz CT molecular complexity index is 845. The molecule has 2 bridgehead atoms. The summed E-state index contributed by atoms with van der Waals surface area (Å²) in [7, 11) is 3.20. The first kappa shape index (κ1) is 19.1. The maximum atomic E-state index is 13.0. The monoisotopic (exact) mass is 392 g/mol. The smallest absolute Gasteiger partial charge is 0.228 e. The molecule has 4 rings (SSSR count). The van der Waals surface area contributed by atoms with Crippen LogP contribution < -0.4 is 20.1 Å². The summed E-state index contributed by atoms with van der Waals surface area (Å²) in [4.78, 5) is 26.1. The molecule has 0 radical (unpaired) electrons. The highest BCUT2D eigenvalue weighted by molar-refractivity contribution is 6.01. The van der Waals surface area contributed by atoms with E-state index in [2.05, 4.69) is 22.8 Å². The highest BCUT2D eigenvalue weighted by Crippen LogP contribution is 2.48. The Kier molecular flexibility index (Phi) is 5.25. The third-order valence-corrected chi connectivity index (χ3v) is 5.78. The Morgan fingerprint density at radius 1 is 0.724 bits per heavy atom. The zero-order valence-corrected chi connectivity index (χ0v) is 16.4. The van der Waals surface area contributed by atoms with Crippen LogP contribution in [0.2, 0.25) is 0 Å². The van der Waals surface area contributed by atoms with E-state index in [-0.39, 0.29) is 35.5 Å². The van der Waals surface area contributed by atoms with Crippen LogP contribution in [0.15, 0.2) is 60.7 Å². The number of amides is 2. The molecular formula is C23H24N2O4. The number of fused-ring (bicyclic) bond motifs is 2. The molecule has 150 valence electrons. The molecule has 0 spiro atoms. The second-order valence-electron chi connectivity index (χ2n) is 7.44. The van der Waals surface area contributed by atoms with Crippen molar-refractivity contribution in [2.75, 3.05) is 24.9 Å². The lowest BCUT2D eigenvalue weighted by atomic mass is 9.81. The largest absolute Gasteiger partial charge is 0.497 e. The van der Waals surface area contributed by atoms with Crippen LogP contribution in [-0.2, 0) is 9.59 Å². The van der Waals surface area contributed by atoms with E-state index >= 15 is 0 Å². The van der Waals surface area contributed by atoms with Crippen molar-refractivity contribution >= 4 is 23.2 Å². The molecule has 29 heavy (non-hydrogen) atoms. The molecule has 0 unspecified atom stereocenters. The molecule has 4 atom stereocenters. The van der Waals surface area contributed by atoms with Gasteiger partial charge in [-0.2, -0.15) is 0 Å². The first-order valence-electron chi connectivity index (χ1n) is 9.67. The van der Waals surface area contributed by atoms with Crippen molar-refractivity contribution in [3.8, 4) is 11.5 Å². The van der Waals surface area contributed by atoms with E-state index in [9.17, 15) is 9.59 Å². The standard InChI is InChI=1S/C23H24N2O4/c1-28-18-9-5-16(6-10-18)24-22(26)20-14-3-4-15(13-14)21(20)23(27)25-17-7-11-19(29-2)12-8-17/h3-12,14-15,20-21H,13H2,1-2H3,(H,24,26)(H,25,27)/t14-,15+,20-,21-/m1/s1. The third-order valence-electron chi connectivity index (χ3n) is 5.78. The zero-order chi connectivity index (χ0) is 20.4. The minimum atomic E-state index is -0.384. The van der Waals surface area contributed by atoms with Crippen molar-refractivity contribution in [1.29, 1.82) is 0 Å². The van der Waals surface area contributed by atoms with Gasteiger partial charge in [0.05, 0.1) is 26.1 Å². The fraction of sp³-hybridized carbons (Fsp3) is 0.304. The molecular weight excluding hydrogens is 368 g/mol. The maximum Gasteiger partial charge on any atom is 0.228 e. The average molecular weight is 392 g/mol. The van der Waals surface area contributed by atoms with Crippen LogP contribution in [0.3, 0.4) is 0 Å². The molecule has 2 amide bonds. The lowest BCUT2D eigenvalue weighted by Gasteiger charge is -2.26. The number of anilines is 2. The van der Waals surface area contributed by atoms with Gasteiger partial charge < -0.3 is 20.1 Å². The van der Waals surface area contributed by atoms with Crippen molar-refractivity contribution in [1.82, 2.24) is 0 Å². The van der Waals surface area contributed by atoms with E-state index in [0.29, 0.717) is 11.4 Å².